The number of rotatable bonds is 4. The fourth-order valence-corrected chi connectivity index (χ4v) is 4.85. The molecule has 0 saturated carbocycles. The van der Waals surface area contributed by atoms with E-state index in [0.717, 1.165) is 25.9 Å². The molecule has 120 valence electrons. The Labute approximate surface area is 144 Å². The molecule has 2 rings (SSSR count). The van der Waals surface area contributed by atoms with E-state index in [-0.39, 0.29) is 29.1 Å². The summed E-state index contributed by atoms with van der Waals surface area (Å²) in [5.41, 5.74) is 0. The van der Waals surface area contributed by atoms with Crippen LogP contribution in [-0.2, 0) is 10.0 Å². The fourth-order valence-electron chi connectivity index (χ4n) is 2.16. The molecule has 21 heavy (non-hydrogen) atoms. The number of hydrogen-bond acceptors (Lipinski definition) is 4. The van der Waals surface area contributed by atoms with Gasteiger partial charge >= 0.3 is 0 Å². The minimum atomic E-state index is -3.66. The predicted octanol–water partition coefficient (Wildman–Crippen LogP) is 2.56. The van der Waals surface area contributed by atoms with E-state index in [9.17, 15) is 8.42 Å². The summed E-state index contributed by atoms with van der Waals surface area (Å²) in [6.45, 7) is 1.62. The largest absolute Gasteiger partial charge is 0.494 e. The van der Waals surface area contributed by atoms with Crippen molar-refractivity contribution in [1.29, 1.82) is 0 Å². The highest BCUT2D eigenvalue weighted by molar-refractivity contribution is 9.10. The summed E-state index contributed by atoms with van der Waals surface area (Å²) in [4.78, 5) is 0.0536. The number of piperidine rings is 1. The van der Waals surface area contributed by atoms with Gasteiger partial charge in [-0.1, -0.05) is 11.6 Å². The molecule has 1 saturated heterocycles. The molecule has 0 spiro atoms. The average molecular weight is 420 g/mol. The van der Waals surface area contributed by atoms with Gasteiger partial charge in [-0.3, -0.25) is 0 Å². The minimum Gasteiger partial charge on any atom is -0.494 e. The molecule has 0 atom stereocenters. The van der Waals surface area contributed by atoms with Crippen molar-refractivity contribution in [1.82, 2.24) is 10.0 Å². The van der Waals surface area contributed by atoms with Crippen molar-refractivity contribution in [3.05, 3.63) is 21.6 Å². The van der Waals surface area contributed by atoms with Gasteiger partial charge in [0, 0.05) is 11.1 Å². The Hall–Kier alpha value is -0.0500. The van der Waals surface area contributed by atoms with Crippen molar-refractivity contribution in [2.24, 2.45) is 0 Å². The predicted molar refractivity (Wildman–Crippen MR) is 89.2 cm³/mol. The number of halogens is 3. The van der Waals surface area contributed by atoms with Crippen molar-refractivity contribution in [2.75, 3.05) is 20.2 Å². The molecule has 1 aliphatic heterocycles. The highest BCUT2D eigenvalue weighted by atomic mass is 79.9. The normalized spacial score (nSPS) is 16.3. The first-order chi connectivity index (χ1) is 9.44. The van der Waals surface area contributed by atoms with Gasteiger partial charge in [-0.15, -0.1) is 12.4 Å². The topological polar surface area (TPSA) is 67.4 Å². The van der Waals surface area contributed by atoms with E-state index >= 15 is 0 Å². The van der Waals surface area contributed by atoms with E-state index in [1.165, 1.54) is 13.2 Å². The lowest BCUT2D eigenvalue weighted by Crippen LogP contribution is -2.42. The smallest absolute Gasteiger partial charge is 0.244 e. The summed E-state index contributed by atoms with van der Waals surface area (Å²) in [5.74, 6) is 0.260. The first-order valence-electron chi connectivity index (χ1n) is 6.20. The zero-order valence-corrected chi connectivity index (χ0v) is 15.3. The Morgan fingerprint density at radius 3 is 2.57 bits per heavy atom. The van der Waals surface area contributed by atoms with E-state index in [1.807, 2.05) is 0 Å². The van der Waals surface area contributed by atoms with Gasteiger partial charge in [-0.05, 0) is 54.0 Å². The van der Waals surface area contributed by atoms with Crippen LogP contribution in [0.2, 0.25) is 5.02 Å². The number of hydrogen-bond donors (Lipinski definition) is 2. The second-order valence-corrected chi connectivity index (χ2v) is 7.54. The first kappa shape index (κ1) is 19.0. The summed E-state index contributed by atoms with van der Waals surface area (Å²) in [7, 11) is -2.24. The van der Waals surface area contributed by atoms with Crippen LogP contribution in [0.5, 0.6) is 5.75 Å². The molecule has 2 N–H and O–H groups in total. The van der Waals surface area contributed by atoms with Gasteiger partial charge in [-0.2, -0.15) is 0 Å². The minimum absolute atomic E-state index is 0. The third-order valence-corrected chi connectivity index (χ3v) is 5.46. The molecule has 1 heterocycles. The molecule has 0 bridgehead atoms. The summed E-state index contributed by atoms with van der Waals surface area (Å²) in [6.07, 6.45) is 1.53. The zero-order valence-electron chi connectivity index (χ0n) is 11.4. The molecule has 0 radical (unpaired) electrons. The van der Waals surface area contributed by atoms with E-state index in [0.29, 0.717) is 9.50 Å². The molecule has 5 nitrogen and oxygen atoms in total. The van der Waals surface area contributed by atoms with Crippen LogP contribution in [0.3, 0.4) is 0 Å². The second kappa shape index (κ2) is 7.99. The maximum atomic E-state index is 12.5. The molecular weight excluding hydrogens is 403 g/mol. The third-order valence-electron chi connectivity index (χ3n) is 3.13. The number of methoxy groups -OCH3 is 1. The molecule has 1 fully saturated rings. The fraction of sp³-hybridized carbons (Fsp3) is 0.500. The van der Waals surface area contributed by atoms with Gasteiger partial charge in [0.05, 0.1) is 11.6 Å². The lowest BCUT2D eigenvalue weighted by atomic mass is 10.1. The van der Waals surface area contributed by atoms with Crippen LogP contribution < -0.4 is 14.8 Å². The van der Waals surface area contributed by atoms with Gasteiger partial charge in [0.15, 0.2) is 5.75 Å². The summed E-state index contributed by atoms with van der Waals surface area (Å²) in [6, 6.07) is 2.93. The standard InChI is InChI=1S/C12H16BrClN2O3S.ClH/c1-19-12-10(13)6-8(14)7-11(12)20(17,18)16-9-2-4-15-5-3-9;/h6-7,9,15-16H,2-5H2,1H3;1H. The van der Waals surface area contributed by atoms with Gasteiger partial charge in [0.25, 0.3) is 0 Å². The van der Waals surface area contributed by atoms with Crippen LogP contribution in [0.1, 0.15) is 12.8 Å². The van der Waals surface area contributed by atoms with Gasteiger partial charge in [0.2, 0.25) is 10.0 Å². The zero-order chi connectivity index (χ0) is 14.8. The Morgan fingerprint density at radius 1 is 1.38 bits per heavy atom. The van der Waals surface area contributed by atoms with E-state index in [2.05, 4.69) is 26.0 Å². The summed E-state index contributed by atoms with van der Waals surface area (Å²) >= 11 is 9.20. The molecule has 9 heteroatoms. The SMILES string of the molecule is COc1c(Br)cc(Cl)cc1S(=O)(=O)NC1CCNCC1.Cl. The molecule has 1 aromatic rings. The Balaban J connectivity index is 0.00000220. The maximum absolute atomic E-state index is 12.5. The Kier molecular flexibility index (Phi) is 7.23. The van der Waals surface area contributed by atoms with Crippen LogP contribution in [0, 0.1) is 0 Å². The monoisotopic (exact) mass is 418 g/mol. The van der Waals surface area contributed by atoms with E-state index in [1.54, 1.807) is 6.07 Å². The molecule has 0 aliphatic carbocycles. The quantitative estimate of drug-likeness (QED) is 0.786. The molecule has 1 aliphatic rings. The van der Waals surface area contributed by atoms with Gasteiger partial charge in [0.1, 0.15) is 4.90 Å². The van der Waals surface area contributed by atoms with Crippen LogP contribution in [-0.4, -0.2) is 34.7 Å². The highest BCUT2D eigenvalue weighted by Gasteiger charge is 2.26. The molecular formula is C12H17BrCl2N2O3S. The molecule has 0 unspecified atom stereocenters. The second-order valence-electron chi connectivity index (χ2n) is 4.56. The number of nitrogens with one attached hydrogen (secondary N) is 2. The van der Waals surface area contributed by atoms with Crippen molar-refractivity contribution >= 4 is 50.0 Å². The van der Waals surface area contributed by atoms with Crippen molar-refractivity contribution in [3.8, 4) is 5.75 Å². The molecule has 1 aromatic carbocycles. The summed E-state index contributed by atoms with van der Waals surface area (Å²) in [5, 5.41) is 3.53. The van der Waals surface area contributed by atoms with Crippen LogP contribution in [0.15, 0.2) is 21.5 Å². The Morgan fingerprint density at radius 2 is 2.00 bits per heavy atom. The maximum Gasteiger partial charge on any atom is 0.244 e. The van der Waals surface area contributed by atoms with Crippen LogP contribution >= 0.6 is 39.9 Å². The molecule has 0 amide bonds. The lowest BCUT2D eigenvalue weighted by Gasteiger charge is -2.24. The lowest BCUT2D eigenvalue weighted by molar-refractivity contribution is 0.397. The number of ether oxygens (including phenoxy) is 1. The number of benzene rings is 1. The van der Waals surface area contributed by atoms with Crippen molar-refractivity contribution in [2.45, 2.75) is 23.8 Å². The van der Waals surface area contributed by atoms with E-state index in [4.69, 9.17) is 16.3 Å². The first-order valence-corrected chi connectivity index (χ1v) is 8.85. The third kappa shape index (κ3) is 4.71. The van der Waals surface area contributed by atoms with Crippen molar-refractivity contribution < 1.29 is 13.2 Å². The van der Waals surface area contributed by atoms with Crippen molar-refractivity contribution in [3.63, 3.8) is 0 Å². The van der Waals surface area contributed by atoms with E-state index < -0.39 is 10.0 Å². The highest BCUT2D eigenvalue weighted by Crippen LogP contribution is 2.35. The Bertz CT molecular complexity index is 592. The van der Waals surface area contributed by atoms with Crippen LogP contribution in [0.25, 0.3) is 0 Å². The summed E-state index contributed by atoms with van der Waals surface area (Å²) < 4.78 is 33.4. The number of sulfonamides is 1. The van der Waals surface area contributed by atoms with Crippen LogP contribution in [0.4, 0.5) is 0 Å². The van der Waals surface area contributed by atoms with Gasteiger partial charge in [-0.25, -0.2) is 13.1 Å². The molecule has 0 aromatic heterocycles. The van der Waals surface area contributed by atoms with Gasteiger partial charge < -0.3 is 10.1 Å². The average Bonchev–Trinajstić information content (AvgIpc) is 2.38.